The van der Waals surface area contributed by atoms with Gasteiger partial charge in [0.15, 0.2) is 0 Å². The molecule has 0 aliphatic carbocycles. The number of hydrogen-bond acceptors (Lipinski definition) is 2. The maximum absolute atomic E-state index is 11.8. The normalized spacial score (nSPS) is 13.5. The van der Waals surface area contributed by atoms with Crippen molar-refractivity contribution in [3.8, 4) is 0 Å². The molecule has 2 N–H and O–H groups in total. The molecule has 0 aromatic heterocycles. The third kappa shape index (κ3) is 8.19. The fourth-order valence-electron chi connectivity index (χ4n) is 1.48. The molecule has 0 saturated carbocycles. The largest absolute Gasteiger partial charge is 0.352 e. The fourth-order valence-corrected chi connectivity index (χ4v) is 1.48. The standard InChI is InChI=1S/C14H30N2O/c1-6-8-9-10-15-11-12(7-2)16-13(17)14(3,4)5/h12,15H,6-11H2,1-5H3,(H,16,17). The molecule has 1 unspecified atom stereocenters. The first-order chi connectivity index (χ1) is 7.91. The molecule has 3 heteroatoms. The Labute approximate surface area is 107 Å². The lowest BCUT2D eigenvalue weighted by atomic mass is 9.95. The van der Waals surface area contributed by atoms with E-state index < -0.39 is 0 Å². The topological polar surface area (TPSA) is 41.1 Å². The molecule has 3 nitrogen and oxygen atoms in total. The first-order valence-electron chi connectivity index (χ1n) is 6.93. The molecule has 0 aliphatic rings. The highest BCUT2D eigenvalue weighted by Gasteiger charge is 2.23. The summed E-state index contributed by atoms with van der Waals surface area (Å²) in [5, 5.41) is 6.51. The van der Waals surface area contributed by atoms with Crippen LogP contribution in [0.25, 0.3) is 0 Å². The molecule has 0 spiro atoms. The average molecular weight is 242 g/mol. The molecule has 0 aliphatic heterocycles. The van der Waals surface area contributed by atoms with E-state index in [0.29, 0.717) is 0 Å². The number of carbonyl (C=O) groups is 1. The summed E-state index contributed by atoms with van der Waals surface area (Å²) < 4.78 is 0. The van der Waals surface area contributed by atoms with Gasteiger partial charge < -0.3 is 10.6 Å². The molecule has 0 rings (SSSR count). The van der Waals surface area contributed by atoms with Gasteiger partial charge in [-0.25, -0.2) is 0 Å². The summed E-state index contributed by atoms with van der Waals surface area (Å²) in [6.07, 6.45) is 4.72. The van der Waals surface area contributed by atoms with Crippen molar-refractivity contribution in [1.29, 1.82) is 0 Å². The van der Waals surface area contributed by atoms with Gasteiger partial charge in [0.1, 0.15) is 0 Å². The van der Waals surface area contributed by atoms with Crippen LogP contribution in [-0.2, 0) is 4.79 Å². The van der Waals surface area contributed by atoms with E-state index in [0.717, 1.165) is 19.5 Å². The van der Waals surface area contributed by atoms with Gasteiger partial charge in [0, 0.05) is 18.0 Å². The van der Waals surface area contributed by atoms with Crippen LogP contribution in [0.15, 0.2) is 0 Å². The predicted octanol–water partition coefficient (Wildman–Crippen LogP) is 2.71. The second-order valence-corrected chi connectivity index (χ2v) is 5.74. The van der Waals surface area contributed by atoms with Crippen LogP contribution in [0, 0.1) is 5.41 Å². The van der Waals surface area contributed by atoms with E-state index in [-0.39, 0.29) is 17.4 Å². The maximum Gasteiger partial charge on any atom is 0.225 e. The molecule has 0 aromatic carbocycles. The second-order valence-electron chi connectivity index (χ2n) is 5.74. The summed E-state index contributed by atoms with van der Waals surface area (Å²) in [7, 11) is 0. The van der Waals surface area contributed by atoms with Gasteiger partial charge in [-0.05, 0) is 19.4 Å². The van der Waals surface area contributed by atoms with Crippen molar-refractivity contribution in [2.45, 2.75) is 66.3 Å². The highest BCUT2D eigenvalue weighted by molar-refractivity contribution is 5.81. The van der Waals surface area contributed by atoms with Gasteiger partial charge in [0.25, 0.3) is 0 Å². The van der Waals surface area contributed by atoms with Gasteiger partial charge in [-0.1, -0.05) is 47.5 Å². The summed E-state index contributed by atoms with van der Waals surface area (Å²) in [5.41, 5.74) is -0.296. The van der Waals surface area contributed by atoms with Gasteiger partial charge in [-0.2, -0.15) is 0 Å². The fraction of sp³-hybridized carbons (Fsp3) is 0.929. The summed E-state index contributed by atoms with van der Waals surface area (Å²) in [4.78, 5) is 11.8. The van der Waals surface area contributed by atoms with Crippen molar-refractivity contribution >= 4 is 5.91 Å². The molecular weight excluding hydrogens is 212 g/mol. The van der Waals surface area contributed by atoms with Gasteiger partial charge in [-0.15, -0.1) is 0 Å². The van der Waals surface area contributed by atoms with Crippen LogP contribution in [0.5, 0.6) is 0 Å². The van der Waals surface area contributed by atoms with Gasteiger partial charge >= 0.3 is 0 Å². The lowest BCUT2D eigenvalue weighted by Gasteiger charge is -2.23. The quantitative estimate of drug-likeness (QED) is 0.643. The summed E-state index contributed by atoms with van der Waals surface area (Å²) in [5.74, 6) is 0.139. The molecule has 1 amide bonds. The third-order valence-electron chi connectivity index (χ3n) is 2.86. The van der Waals surface area contributed by atoms with E-state index in [1.54, 1.807) is 0 Å². The highest BCUT2D eigenvalue weighted by Crippen LogP contribution is 2.13. The molecule has 102 valence electrons. The zero-order chi connectivity index (χ0) is 13.3. The molecule has 0 heterocycles. The van der Waals surface area contributed by atoms with Crippen LogP contribution in [0.1, 0.15) is 60.3 Å². The minimum atomic E-state index is -0.296. The lowest BCUT2D eigenvalue weighted by Crippen LogP contribution is -2.46. The summed E-state index contributed by atoms with van der Waals surface area (Å²) in [6, 6.07) is 0.253. The average Bonchev–Trinajstić information content (AvgIpc) is 2.25. The Morgan fingerprint density at radius 2 is 1.82 bits per heavy atom. The molecular formula is C14H30N2O. The predicted molar refractivity (Wildman–Crippen MR) is 74.1 cm³/mol. The van der Waals surface area contributed by atoms with Crippen LogP contribution in [-0.4, -0.2) is 25.0 Å². The van der Waals surface area contributed by atoms with Crippen LogP contribution >= 0.6 is 0 Å². The summed E-state index contributed by atoms with van der Waals surface area (Å²) >= 11 is 0. The van der Waals surface area contributed by atoms with Crippen molar-refractivity contribution in [2.75, 3.05) is 13.1 Å². The number of hydrogen-bond donors (Lipinski definition) is 2. The smallest absolute Gasteiger partial charge is 0.225 e. The summed E-state index contributed by atoms with van der Waals surface area (Å²) in [6.45, 7) is 12.1. The Bertz CT molecular complexity index is 209. The van der Waals surface area contributed by atoms with Gasteiger partial charge in [-0.3, -0.25) is 4.79 Å². The zero-order valence-corrected chi connectivity index (χ0v) is 12.2. The van der Waals surface area contributed by atoms with Gasteiger partial charge in [0.2, 0.25) is 5.91 Å². The van der Waals surface area contributed by atoms with E-state index in [1.165, 1.54) is 19.3 Å². The minimum absolute atomic E-state index is 0.139. The molecule has 17 heavy (non-hydrogen) atoms. The van der Waals surface area contributed by atoms with E-state index in [1.807, 2.05) is 20.8 Å². The molecule has 0 radical (unpaired) electrons. The Morgan fingerprint density at radius 3 is 2.29 bits per heavy atom. The molecule has 0 bridgehead atoms. The van der Waals surface area contributed by atoms with Crippen LogP contribution in [0.3, 0.4) is 0 Å². The zero-order valence-electron chi connectivity index (χ0n) is 12.2. The number of unbranched alkanes of at least 4 members (excludes halogenated alkanes) is 2. The van der Waals surface area contributed by atoms with E-state index in [9.17, 15) is 4.79 Å². The molecule has 0 fully saturated rings. The Morgan fingerprint density at radius 1 is 1.18 bits per heavy atom. The molecule has 1 atom stereocenters. The van der Waals surface area contributed by atoms with Crippen LogP contribution in [0.2, 0.25) is 0 Å². The number of carbonyl (C=O) groups excluding carboxylic acids is 1. The first kappa shape index (κ1) is 16.4. The van der Waals surface area contributed by atoms with Crippen molar-refractivity contribution in [3.63, 3.8) is 0 Å². The lowest BCUT2D eigenvalue weighted by molar-refractivity contribution is -0.129. The number of nitrogens with one attached hydrogen (secondary N) is 2. The monoisotopic (exact) mass is 242 g/mol. The van der Waals surface area contributed by atoms with Crippen LogP contribution < -0.4 is 10.6 Å². The van der Waals surface area contributed by atoms with E-state index in [4.69, 9.17) is 0 Å². The molecule has 0 aromatic rings. The first-order valence-corrected chi connectivity index (χ1v) is 6.93. The van der Waals surface area contributed by atoms with Crippen molar-refractivity contribution < 1.29 is 4.79 Å². The SMILES string of the molecule is CCCCCNCC(CC)NC(=O)C(C)(C)C. The van der Waals surface area contributed by atoms with Crippen molar-refractivity contribution in [3.05, 3.63) is 0 Å². The van der Waals surface area contributed by atoms with E-state index in [2.05, 4.69) is 24.5 Å². The highest BCUT2D eigenvalue weighted by atomic mass is 16.2. The maximum atomic E-state index is 11.8. The number of rotatable bonds is 8. The minimum Gasteiger partial charge on any atom is -0.352 e. The van der Waals surface area contributed by atoms with E-state index >= 15 is 0 Å². The van der Waals surface area contributed by atoms with Crippen molar-refractivity contribution in [1.82, 2.24) is 10.6 Å². The Balaban J connectivity index is 3.81. The second kappa shape index (κ2) is 8.51. The Kier molecular flexibility index (Phi) is 8.23. The number of amides is 1. The van der Waals surface area contributed by atoms with Gasteiger partial charge in [0.05, 0.1) is 0 Å². The van der Waals surface area contributed by atoms with Crippen molar-refractivity contribution in [2.24, 2.45) is 5.41 Å². The Hall–Kier alpha value is -0.570. The molecule has 0 saturated heterocycles. The third-order valence-corrected chi connectivity index (χ3v) is 2.86. The van der Waals surface area contributed by atoms with Crippen LogP contribution in [0.4, 0.5) is 0 Å².